The van der Waals surface area contributed by atoms with Crippen molar-refractivity contribution in [2.45, 2.75) is 44.6 Å². The van der Waals surface area contributed by atoms with Gasteiger partial charge >= 0.3 is 0 Å². The summed E-state index contributed by atoms with van der Waals surface area (Å²) >= 11 is 0. The van der Waals surface area contributed by atoms with Gasteiger partial charge in [0.15, 0.2) is 5.82 Å². The zero-order chi connectivity index (χ0) is 13.8. The van der Waals surface area contributed by atoms with E-state index in [-0.39, 0.29) is 11.8 Å². The molecule has 20 heavy (non-hydrogen) atoms. The van der Waals surface area contributed by atoms with Crippen molar-refractivity contribution in [1.82, 2.24) is 30.4 Å². The summed E-state index contributed by atoms with van der Waals surface area (Å²) in [5.74, 6) is 0.606. The third-order valence-electron chi connectivity index (χ3n) is 4.23. The zero-order valence-corrected chi connectivity index (χ0v) is 11.8. The predicted octanol–water partition coefficient (Wildman–Crippen LogP) is 0.153. The molecule has 1 aromatic heterocycles. The first-order valence-electron chi connectivity index (χ1n) is 7.61. The van der Waals surface area contributed by atoms with Gasteiger partial charge < -0.3 is 10.2 Å². The van der Waals surface area contributed by atoms with Gasteiger partial charge in [0, 0.05) is 19.6 Å². The highest BCUT2D eigenvalue weighted by Crippen LogP contribution is 2.23. The third-order valence-corrected chi connectivity index (χ3v) is 4.23. The molecule has 0 aliphatic carbocycles. The van der Waals surface area contributed by atoms with Gasteiger partial charge in [0.2, 0.25) is 5.91 Å². The van der Waals surface area contributed by atoms with Crippen molar-refractivity contribution < 1.29 is 4.79 Å². The van der Waals surface area contributed by atoms with Crippen LogP contribution in [0.4, 0.5) is 0 Å². The largest absolute Gasteiger partial charge is 0.354 e. The highest BCUT2D eigenvalue weighted by Gasteiger charge is 2.28. The fraction of sp³-hybridized carbons (Fsp3) is 0.846. The van der Waals surface area contributed by atoms with Gasteiger partial charge in [-0.2, -0.15) is 0 Å². The van der Waals surface area contributed by atoms with Gasteiger partial charge in [-0.15, -0.1) is 5.10 Å². The molecule has 0 saturated carbocycles. The fourth-order valence-electron chi connectivity index (χ4n) is 3.07. The van der Waals surface area contributed by atoms with Crippen molar-refractivity contribution in [3.8, 4) is 0 Å². The number of carbonyl (C=O) groups excluding carboxylic acids is 1. The van der Waals surface area contributed by atoms with Crippen LogP contribution in [0.3, 0.4) is 0 Å². The SMILES string of the molecule is O=C(NCCN1CCCC1)C1CCCCn2nnnc21. The Morgan fingerprint density at radius 1 is 1.20 bits per heavy atom. The average molecular weight is 278 g/mol. The quantitative estimate of drug-likeness (QED) is 0.848. The number of aryl methyl sites for hydroxylation is 1. The number of rotatable bonds is 4. The molecule has 1 N–H and O–H groups in total. The maximum Gasteiger partial charge on any atom is 0.230 e. The van der Waals surface area contributed by atoms with E-state index in [0.717, 1.165) is 57.8 Å². The molecule has 110 valence electrons. The van der Waals surface area contributed by atoms with Gasteiger partial charge in [-0.3, -0.25) is 4.79 Å². The number of nitrogens with zero attached hydrogens (tertiary/aromatic N) is 5. The molecule has 1 aromatic rings. The molecule has 1 amide bonds. The molecule has 3 rings (SSSR count). The summed E-state index contributed by atoms with van der Waals surface area (Å²) < 4.78 is 1.78. The number of carbonyl (C=O) groups is 1. The number of amides is 1. The van der Waals surface area contributed by atoms with Gasteiger partial charge in [-0.1, -0.05) is 6.42 Å². The van der Waals surface area contributed by atoms with E-state index in [1.165, 1.54) is 12.8 Å². The van der Waals surface area contributed by atoms with Gasteiger partial charge in [0.25, 0.3) is 0 Å². The Morgan fingerprint density at radius 2 is 2.00 bits per heavy atom. The Hall–Kier alpha value is -1.50. The van der Waals surface area contributed by atoms with E-state index in [4.69, 9.17) is 0 Å². The molecule has 3 heterocycles. The van der Waals surface area contributed by atoms with Crippen LogP contribution < -0.4 is 5.32 Å². The van der Waals surface area contributed by atoms with Crippen LogP contribution in [0.25, 0.3) is 0 Å². The van der Waals surface area contributed by atoms with Gasteiger partial charge in [0.1, 0.15) is 0 Å². The van der Waals surface area contributed by atoms with Crippen molar-refractivity contribution in [3.63, 3.8) is 0 Å². The number of hydrogen-bond acceptors (Lipinski definition) is 5. The van der Waals surface area contributed by atoms with E-state index in [9.17, 15) is 4.79 Å². The predicted molar refractivity (Wildman–Crippen MR) is 73.1 cm³/mol. The Labute approximate surface area is 118 Å². The molecule has 1 fully saturated rings. The maximum atomic E-state index is 12.3. The summed E-state index contributed by atoms with van der Waals surface area (Å²) in [5.41, 5.74) is 0. The Morgan fingerprint density at radius 3 is 2.85 bits per heavy atom. The molecule has 2 aliphatic rings. The minimum atomic E-state index is -0.189. The average Bonchev–Trinajstić information content (AvgIpc) is 3.08. The van der Waals surface area contributed by atoms with E-state index < -0.39 is 0 Å². The van der Waals surface area contributed by atoms with Crippen LogP contribution in [-0.4, -0.2) is 57.2 Å². The molecule has 1 unspecified atom stereocenters. The number of nitrogens with one attached hydrogen (secondary N) is 1. The lowest BCUT2D eigenvalue weighted by molar-refractivity contribution is -0.122. The molecule has 0 spiro atoms. The lowest BCUT2D eigenvalue weighted by Crippen LogP contribution is -2.36. The molecular weight excluding hydrogens is 256 g/mol. The van der Waals surface area contributed by atoms with E-state index in [1.54, 1.807) is 4.68 Å². The molecule has 1 saturated heterocycles. The molecule has 1 atom stereocenters. The number of tetrazole rings is 1. The molecule has 0 aromatic carbocycles. The van der Waals surface area contributed by atoms with Gasteiger partial charge in [-0.05, 0) is 49.2 Å². The first kappa shape index (κ1) is 13.5. The summed E-state index contributed by atoms with van der Waals surface area (Å²) in [4.78, 5) is 14.7. The highest BCUT2D eigenvalue weighted by atomic mass is 16.1. The fourth-order valence-corrected chi connectivity index (χ4v) is 3.07. The van der Waals surface area contributed by atoms with Crippen molar-refractivity contribution in [3.05, 3.63) is 5.82 Å². The summed E-state index contributed by atoms with van der Waals surface area (Å²) in [7, 11) is 0. The smallest absolute Gasteiger partial charge is 0.230 e. The van der Waals surface area contributed by atoms with Crippen molar-refractivity contribution in [2.75, 3.05) is 26.2 Å². The molecule has 0 bridgehead atoms. The van der Waals surface area contributed by atoms with E-state index in [2.05, 4.69) is 25.7 Å². The monoisotopic (exact) mass is 278 g/mol. The number of fused-ring (bicyclic) bond motifs is 1. The standard InChI is InChI=1S/C13H22N6O/c20-13(14-6-10-18-7-3-4-8-18)11-5-1-2-9-19-12(11)15-16-17-19/h11H,1-10H2,(H,14,20). The van der Waals surface area contributed by atoms with Crippen molar-refractivity contribution >= 4 is 5.91 Å². The van der Waals surface area contributed by atoms with E-state index in [0.29, 0.717) is 0 Å². The first-order valence-corrected chi connectivity index (χ1v) is 7.61. The molecule has 0 radical (unpaired) electrons. The van der Waals surface area contributed by atoms with Crippen LogP contribution in [-0.2, 0) is 11.3 Å². The Bertz CT molecular complexity index is 453. The highest BCUT2D eigenvalue weighted by molar-refractivity contribution is 5.82. The lowest BCUT2D eigenvalue weighted by Gasteiger charge is -2.17. The molecule has 7 nitrogen and oxygen atoms in total. The van der Waals surface area contributed by atoms with Crippen LogP contribution >= 0.6 is 0 Å². The van der Waals surface area contributed by atoms with Crippen LogP contribution in [0, 0.1) is 0 Å². The minimum absolute atomic E-state index is 0.0714. The summed E-state index contributed by atoms with van der Waals surface area (Å²) in [6, 6.07) is 0. The summed E-state index contributed by atoms with van der Waals surface area (Å²) in [5, 5.41) is 14.7. The van der Waals surface area contributed by atoms with Crippen molar-refractivity contribution in [2.24, 2.45) is 0 Å². The second-order valence-electron chi connectivity index (χ2n) is 5.65. The molecule has 2 aliphatic heterocycles. The third kappa shape index (κ3) is 2.98. The lowest BCUT2D eigenvalue weighted by atomic mass is 10.0. The molecular formula is C13H22N6O. The minimum Gasteiger partial charge on any atom is -0.354 e. The van der Waals surface area contributed by atoms with Crippen molar-refractivity contribution in [1.29, 1.82) is 0 Å². The van der Waals surface area contributed by atoms with Crippen LogP contribution in [0.2, 0.25) is 0 Å². The maximum absolute atomic E-state index is 12.3. The first-order chi connectivity index (χ1) is 9.84. The second-order valence-corrected chi connectivity index (χ2v) is 5.65. The summed E-state index contributed by atoms with van der Waals surface area (Å²) in [6.45, 7) is 4.81. The Kier molecular flexibility index (Phi) is 4.25. The topological polar surface area (TPSA) is 75.9 Å². The van der Waals surface area contributed by atoms with E-state index in [1.807, 2.05) is 0 Å². The van der Waals surface area contributed by atoms with Crippen LogP contribution in [0.5, 0.6) is 0 Å². The van der Waals surface area contributed by atoms with Crippen LogP contribution in [0.1, 0.15) is 43.8 Å². The van der Waals surface area contributed by atoms with Gasteiger partial charge in [0.05, 0.1) is 5.92 Å². The number of likely N-dealkylation sites (tertiary alicyclic amines) is 1. The molecule has 7 heteroatoms. The number of hydrogen-bond donors (Lipinski definition) is 1. The normalized spacial score (nSPS) is 23.3. The van der Waals surface area contributed by atoms with Gasteiger partial charge in [-0.25, -0.2) is 4.68 Å². The number of aromatic nitrogens is 4. The van der Waals surface area contributed by atoms with E-state index >= 15 is 0 Å². The Balaban J connectivity index is 1.54. The second kappa shape index (κ2) is 6.30. The van der Waals surface area contributed by atoms with Crippen LogP contribution in [0.15, 0.2) is 0 Å². The summed E-state index contributed by atoms with van der Waals surface area (Å²) in [6.07, 6.45) is 5.48. The zero-order valence-electron chi connectivity index (χ0n) is 11.8.